The quantitative estimate of drug-likeness (QED) is 0.863. The Kier molecular flexibility index (Phi) is 5.54. The van der Waals surface area contributed by atoms with Crippen LogP contribution in [0.25, 0.3) is 0 Å². The predicted molar refractivity (Wildman–Crippen MR) is 80.7 cm³/mol. The fourth-order valence-electron chi connectivity index (χ4n) is 2.41. The Morgan fingerprint density at radius 2 is 2.26 bits per heavy atom. The number of hydrogen-bond donors (Lipinski definition) is 1. The van der Waals surface area contributed by atoms with E-state index in [-0.39, 0.29) is 0 Å². The van der Waals surface area contributed by atoms with Crippen LogP contribution >= 0.6 is 11.3 Å². The van der Waals surface area contributed by atoms with Crippen LogP contribution in [-0.2, 0) is 6.54 Å². The summed E-state index contributed by atoms with van der Waals surface area (Å²) in [5, 5.41) is 13.9. The van der Waals surface area contributed by atoms with Gasteiger partial charge in [-0.3, -0.25) is 4.90 Å². The predicted octanol–water partition coefficient (Wildman–Crippen LogP) is 1.89. The zero-order chi connectivity index (χ0) is 13.7. The molecule has 1 N–H and O–H groups in total. The van der Waals surface area contributed by atoms with Gasteiger partial charge in [-0.15, -0.1) is 10.2 Å². The Bertz CT molecular complexity index is 379. The van der Waals surface area contributed by atoms with E-state index in [1.54, 1.807) is 11.3 Å². The molecule has 108 valence electrons. The average molecular weight is 283 g/mol. The van der Waals surface area contributed by atoms with E-state index in [1.807, 2.05) is 0 Å². The Morgan fingerprint density at radius 1 is 1.42 bits per heavy atom. The molecule has 1 aliphatic heterocycles. The third kappa shape index (κ3) is 4.40. The van der Waals surface area contributed by atoms with Crippen LogP contribution in [0.3, 0.4) is 0 Å². The van der Waals surface area contributed by atoms with Gasteiger partial charge in [0, 0.05) is 19.1 Å². The highest BCUT2D eigenvalue weighted by atomic mass is 32.1. The Labute approximate surface area is 120 Å². The number of aromatic nitrogens is 2. The third-order valence-corrected chi connectivity index (χ3v) is 4.43. The molecule has 0 amide bonds. The first-order valence-electron chi connectivity index (χ1n) is 7.14. The van der Waals surface area contributed by atoms with Crippen LogP contribution < -0.4 is 5.32 Å². The van der Waals surface area contributed by atoms with E-state index in [9.17, 15) is 0 Å². The van der Waals surface area contributed by atoms with Gasteiger partial charge in [-0.1, -0.05) is 18.3 Å². The summed E-state index contributed by atoms with van der Waals surface area (Å²) in [5.74, 6) is 0. The molecule has 19 heavy (non-hydrogen) atoms. The largest absolute Gasteiger partial charge is 0.360 e. The normalized spacial score (nSPS) is 20.9. The van der Waals surface area contributed by atoms with Gasteiger partial charge in [0.05, 0.1) is 6.54 Å². The van der Waals surface area contributed by atoms with Crippen molar-refractivity contribution in [1.82, 2.24) is 20.0 Å². The summed E-state index contributed by atoms with van der Waals surface area (Å²) < 4.78 is 0. The zero-order valence-electron chi connectivity index (χ0n) is 12.2. The fraction of sp³-hybridized carbons (Fsp3) is 0.846. The van der Waals surface area contributed by atoms with E-state index in [2.05, 4.69) is 46.3 Å². The summed E-state index contributed by atoms with van der Waals surface area (Å²) in [6.45, 7) is 6.40. The van der Waals surface area contributed by atoms with Crippen LogP contribution in [0.2, 0.25) is 0 Å². The number of nitrogens with zero attached hydrogens (tertiary/aromatic N) is 4. The van der Waals surface area contributed by atoms with E-state index in [4.69, 9.17) is 0 Å². The van der Waals surface area contributed by atoms with Crippen molar-refractivity contribution < 1.29 is 0 Å². The van der Waals surface area contributed by atoms with Gasteiger partial charge in [0.2, 0.25) is 5.13 Å². The second-order valence-corrected chi connectivity index (χ2v) is 6.48. The number of nitrogens with one attached hydrogen (secondary N) is 1. The molecular weight excluding hydrogens is 258 g/mol. The van der Waals surface area contributed by atoms with Gasteiger partial charge in [-0.05, 0) is 39.9 Å². The second-order valence-electron chi connectivity index (χ2n) is 5.42. The number of likely N-dealkylation sites (tertiary alicyclic amines) is 1. The number of piperidine rings is 1. The van der Waals surface area contributed by atoms with E-state index >= 15 is 0 Å². The molecule has 0 aromatic carbocycles. The lowest BCUT2D eigenvalue weighted by molar-refractivity contribution is 0.127. The number of hydrogen-bond acceptors (Lipinski definition) is 6. The van der Waals surface area contributed by atoms with Crippen molar-refractivity contribution in [3.05, 3.63) is 5.01 Å². The molecule has 0 radical (unpaired) electrons. The molecule has 1 fully saturated rings. The van der Waals surface area contributed by atoms with Gasteiger partial charge in [0.25, 0.3) is 0 Å². The highest BCUT2D eigenvalue weighted by molar-refractivity contribution is 7.15. The van der Waals surface area contributed by atoms with Gasteiger partial charge in [0.1, 0.15) is 5.01 Å². The van der Waals surface area contributed by atoms with Crippen molar-refractivity contribution in [2.24, 2.45) is 0 Å². The molecular formula is C13H25N5S. The lowest BCUT2D eigenvalue weighted by atomic mass is 10.1. The molecule has 1 saturated heterocycles. The first kappa shape index (κ1) is 14.7. The minimum absolute atomic E-state index is 0.680. The summed E-state index contributed by atoms with van der Waals surface area (Å²) in [7, 11) is 4.35. The Morgan fingerprint density at radius 3 is 3.00 bits per heavy atom. The number of anilines is 1. The van der Waals surface area contributed by atoms with Crippen molar-refractivity contribution in [2.75, 3.05) is 39.0 Å². The molecule has 0 saturated carbocycles. The summed E-state index contributed by atoms with van der Waals surface area (Å²) in [6.07, 6.45) is 3.71. The smallest absolute Gasteiger partial charge is 0.205 e. The maximum atomic E-state index is 4.28. The summed E-state index contributed by atoms with van der Waals surface area (Å²) >= 11 is 1.69. The molecule has 0 aliphatic carbocycles. The van der Waals surface area contributed by atoms with Gasteiger partial charge in [0.15, 0.2) is 0 Å². The van der Waals surface area contributed by atoms with Crippen molar-refractivity contribution in [1.29, 1.82) is 0 Å². The van der Waals surface area contributed by atoms with Gasteiger partial charge < -0.3 is 10.2 Å². The number of rotatable bonds is 6. The van der Waals surface area contributed by atoms with Crippen LogP contribution in [0, 0.1) is 0 Å². The molecule has 1 aromatic heterocycles. The van der Waals surface area contributed by atoms with E-state index < -0.39 is 0 Å². The molecule has 1 aromatic rings. The highest BCUT2D eigenvalue weighted by Gasteiger charge is 2.22. The maximum absolute atomic E-state index is 4.28. The molecule has 6 heteroatoms. The van der Waals surface area contributed by atoms with Crippen molar-refractivity contribution >= 4 is 16.5 Å². The van der Waals surface area contributed by atoms with Crippen LogP contribution in [0.4, 0.5) is 5.13 Å². The van der Waals surface area contributed by atoms with Crippen molar-refractivity contribution in [2.45, 2.75) is 38.8 Å². The van der Waals surface area contributed by atoms with Crippen LogP contribution in [0.15, 0.2) is 0 Å². The van der Waals surface area contributed by atoms with Gasteiger partial charge >= 0.3 is 0 Å². The molecule has 0 spiro atoms. The average Bonchev–Trinajstić information content (AvgIpc) is 2.84. The van der Waals surface area contributed by atoms with E-state index in [1.165, 1.54) is 19.4 Å². The molecule has 5 nitrogen and oxygen atoms in total. The molecule has 1 aliphatic rings. The first-order valence-corrected chi connectivity index (χ1v) is 7.95. The molecule has 1 unspecified atom stereocenters. The molecule has 2 rings (SSSR count). The number of likely N-dealkylation sites (N-methyl/N-ethyl adjacent to an activating group) is 1. The fourth-order valence-corrected chi connectivity index (χ4v) is 3.22. The Balaban J connectivity index is 1.84. The minimum Gasteiger partial charge on any atom is -0.360 e. The Hall–Kier alpha value is -0.720. The topological polar surface area (TPSA) is 44.3 Å². The maximum Gasteiger partial charge on any atom is 0.205 e. The lowest BCUT2D eigenvalue weighted by Crippen LogP contribution is -2.44. The monoisotopic (exact) mass is 283 g/mol. The molecule has 1 atom stereocenters. The summed E-state index contributed by atoms with van der Waals surface area (Å²) in [5.41, 5.74) is 0. The molecule has 0 bridgehead atoms. The minimum atomic E-state index is 0.680. The zero-order valence-corrected chi connectivity index (χ0v) is 13.0. The van der Waals surface area contributed by atoms with Crippen molar-refractivity contribution in [3.8, 4) is 0 Å². The lowest BCUT2D eigenvalue weighted by Gasteiger charge is -2.35. The highest BCUT2D eigenvalue weighted by Crippen LogP contribution is 2.20. The van der Waals surface area contributed by atoms with Gasteiger partial charge in [-0.25, -0.2) is 0 Å². The van der Waals surface area contributed by atoms with Crippen molar-refractivity contribution in [3.63, 3.8) is 0 Å². The van der Waals surface area contributed by atoms with E-state index in [0.29, 0.717) is 6.04 Å². The summed E-state index contributed by atoms with van der Waals surface area (Å²) in [4.78, 5) is 4.83. The summed E-state index contributed by atoms with van der Waals surface area (Å²) in [6, 6.07) is 0.680. The van der Waals surface area contributed by atoms with Crippen LogP contribution in [-0.4, -0.2) is 59.8 Å². The van der Waals surface area contributed by atoms with Crippen LogP contribution in [0.5, 0.6) is 0 Å². The second kappa shape index (κ2) is 7.17. The van der Waals surface area contributed by atoms with Crippen LogP contribution in [0.1, 0.15) is 31.2 Å². The first-order chi connectivity index (χ1) is 9.19. The SMILES string of the molecule is CCCNc1nnc(CN2CCCC(N(C)C)C2)s1. The molecule has 2 heterocycles. The van der Waals surface area contributed by atoms with Gasteiger partial charge in [-0.2, -0.15) is 0 Å². The van der Waals surface area contributed by atoms with E-state index in [0.717, 1.165) is 36.2 Å². The third-order valence-electron chi connectivity index (χ3n) is 3.56. The standard InChI is InChI=1S/C13H25N5S/c1-4-7-14-13-16-15-12(19-13)10-18-8-5-6-11(9-18)17(2)3/h11H,4-10H2,1-3H3,(H,14,16).